The lowest BCUT2D eigenvalue weighted by Gasteiger charge is -2.08. The minimum absolute atomic E-state index is 1.11. The van der Waals surface area contributed by atoms with Crippen molar-refractivity contribution in [3.63, 3.8) is 0 Å². The lowest BCUT2D eigenvalue weighted by molar-refractivity contribution is 0.389. The Morgan fingerprint density at radius 1 is 0.923 bits per heavy atom. The molecule has 0 radical (unpaired) electrons. The second-order valence-corrected chi connectivity index (χ2v) is 3.92. The Morgan fingerprint density at radius 2 is 1.54 bits per heavy atom. The molecule has 0 spiro atoms. The third-order valence-electron chi connectivity index (χ3n) is 2.21. The van der Waals surface area contributed by atoms with Crippen LogP contribution < -0.4 is 5.32 Å². The zero-order valence-corrected chi connectivity index (χ0v) is 9.60. The highest BCUT2D eigenvalue weighted by molar-refractivity contribution is 4.49. The lowest BCUT2D eigenvalue weighted by Crippen LogP contribution is -2.14. The van der Waals surface area contributed by atoms with Crippen LogP contribution in [-0.4, -0.2) is 38.6 Å². The summed E-state index contributed by atoms with van der Waals surface area (Å²) in [6.07, 6.45) is 6.88. The maximum atomic E-state index is 3.35. The minimum atomic E-state index is 1.11. The summed E-state index contributed by atoms with van der Waals surface area (Å²) in [5.41, 5.74) is 0. The fourth-order valence-corrected chi connectivity index (χ4v) is 1.39. The van der Waals surface area contributed by atoms with Crippen molar-refractivity contribution in [2.24, 2.45) is 0 Å². The van der Waals surface area contributed by atoms with E-state index in [0.29, 0.717) is 0 Å². The molecule has 0 aliphatic heterocycles. The molecule has 0 saturated carbocycles. The standard InChI is InChI=1S/C11H26N2/c1-4-12-10-8-6-5-7-9-11-13(2)3/h12H,4-11H2,1-3H3. The predicted molar refractivity (Wildman–Crippen MR) is 60.2 cm³/mol. The van der Waals surface area contributed by atoms with Gasteiger partial charge in [-0.25, -0.2) is 0 Å². The van der Waals surface area contributed by atoms with Crippen LogP contribution in [0.5, 0.6) is 0 Å². The molecule has 0 heterocycles. The molecule has 0 unspecified atom stereocenters. The lowest BCUT2D eigenvalue weighted by atomic mass is 10.1. The van der Waals surface area contributed by atoms with Crippen LogP contribution in [0.1, 0.15) is 39.0 Å². The Kier molecular flexibility index (Phi) is 9.94. The summed E-state index contributed by atoms with van der Waals surface area (Å²) in [6, 6.07) is 0. The van der Waals surface area contributed by atoms with Gasteiger partial charge in [0.15, 0.2) is 0 Å². The maximum absolute atomic E-state index is 3.35. The molecule has 0 aliphatic carbocycles. The average molecular weight is 186 g/mol. The smallest absolute Gasteiger partial charge is 0.00248 e. The Hall–Kier alpha value is -0.0800. The molecule has 0 amide bonds. The van der Waals surface area contributed by atoms with Gasteiger partial charge in [0.1, 0.15) is 0 Å². The van der Waals surface area contributed by atoms with Crippen LogP contribution in [0.15, 0.2) is 0 Å². The maximum Gasteiger partial charge on any atom is -0.00248 e. The van der Waals surface area contributed by atoms with Crippen molar-refractivity contribution in [3.8, 4) is 0 Å². The first-order chi connectivity index (χ1) is 6.27. The number of unbranched alkanes of at least 4 members (excludes halogenated alkanes) is 4. The molecule has 0 aliphatic rings. The highest BCUT2D eigenvalue weighted by Crippen LogP contribution is 2.02. The molecular formula is C11H26N2. The molecule has 0 bridgehead atoms. The van der Waals surface area contributed by atoms with Gasteiger partial charge in [-0.15, -0.1) is 0 Å². The van der Waals surface area contributed by atoms with Gasteiger partial charge >= 0.3 is 0 Å². The second-order valence-electron chi connectivity index (χ2n) is 3.92. The van der Waals surface area contributed by atoms with E-state index in [1.54, 1.807) is 0 Å². The van der Waals surface area contributed by atoms with Crippen molar-refractivity contribution >= 4 is 0 Å². The van der Waals surface area contributed by atoms with Gasteiger partial charge in [-0.05, 0) is 46.6 Å². The third kappa shape index (κ3) is 11.9. The second kappa shape index (κ2) is 10.0. The van der Waals surface area contributed by atoms with Crippen LogP contribution in [0.3, 0.4) is 0 Å². The first-order valence-electron chi connectivity index (χ1n) is 5.62. The number of nitrogens with zero attached hydrogens (tertiary/aromatic N) is 1. The first kappa shape index (κ1) is 12.9. The Morgan fingerprint density at radius 3 is 2.15 bits per heavy atom. The van der Waals surface area contributed by atoms with Gasteiger partial charge in [-0.1, -0.05) is 26.2 Å². The number of nitrogens with one attached hydrogen (secondary N) is 1. The minimum Gasteiger partial charge on any atom is -0.317 e. The van der Waals surface area contributed by atoms with Crippen LogP contribution in [0, 0.1) is 0 Å². The van der Waals surface area contributed by atoms with Gasteiger partial charge in [-0.3, -0.25) is 0 Å². The van der Waals surface area contributed by atoms with E-state index in [0.717, 1.165) is 6.54 Å². The molecular weight excluding hydrogens is 160 g/mol. The molecule has 1 N–H and O–H groups in total. The number of hydrogen-bond acceptors (Lipinski definition) is 2. The third-order valence-corrected chi connectivity index (χ3v) is 2.21. The van der Waals surface area contributed by atoms with Crippen LogP contribution in [-0.2, 0) is 0 Å². The van der Waals surface area contributed by atoms with E-state index in [1.165, 1.54) is 45.2 Å². The van der Waals surface area contributed by atoms with E-state index in [1.807, 2.05) is 0 Å². The number of hydrogen-bond donors (Lipinski definition) is 1. The molecule has 0 aromatic carbocycles. The summed E-state index contributed by atoms with van der Waals surface area (Å²) < 4.78 is 0. The van der Waals surface area contributed by atoms with Crippen molar-refractivity contribution in [2.75, 3.05) is 33.7 Å². The van der Waals surface area contributed by atoms with E-state index >= 15 is 0 Å². The Balaban J connectivity index is 2.84. The predicted octanol–water partition coefficient (Wildman–Crippen LogP) is 2.11. The van der Waals surface area contributed by atoms with Crippen molar-refractivity contribution < 1.29 is 0 Å². The van der Waals surface area contributed by atoms with Gasteiger partial charge in [-0.2, -0.15) is 0 Å². The summed E-state index contributed by atoms with van der Waals surface area (Å²) in [5, 5.41) is 3.35. The zero-order chi connectivity index (χ0) is 9.94. The fourth-order valence-electron chi connectivity index (χ4n) is 1.39. The Bertz CT molecular complexity index is 92.1. The largest absolute Gasteiger partial charge is 0.317 e. The monoisotopic (exact) mass is 186 g/mol. The van der Waals surface area contributed by atoms with E-state index in [4.69, 9.17) is 0 Å². The van der Waals surface area contributed by atoms with Crippen molar-refractivity contribution in [2.45, 2.75) is 39.0 Å². The summed E-state index contributed by atoms with van der Waals surface area (Å²) in [5.74, 6) is 0. The van der Waals surface area contributed by atoms with Crippen molar-refractivity contribution in [1.82, 2.24) is 10.2 Å². The highest BCUT2D eigenvalue weighted by atomic mass is 15.0. The van der Waals surface area contributed by atoms with Crippen LogP contribution in [0.25, 0.3) is 0 Å². The van der Waals surface area contributed by atoms with Crippen molar-refractivity contribution in [1.29, 1.82) is 0 Å². The van der Waals surface area contributed by atoms with Gasteiger partial charge in [0.25, 0.3) is 0 Å². The van der Waals surface area contributed by atoms with Crippen LogP contribution >= 0.6 is 0 Å². The molecule has 0 saturated heterocycles. The quantitative estimate of drug-likeness (QED) is 0.555. The van der Waals surface area contributed by atoms with Gasteiger partial charge in [0, 0.05) is 0 Å². The SMILES string of the molecule is CCNCCCCCCCN(C)C. The molecule has 13 heavy (non-hydrogen) atoms. The molecule has 0 atom stereocenters. The highest BCUT2D eigenvalue weighted by Gasteiger charge is 1.91. The molecule has 2 nitrogen and oxygen atoms in total. The van der Waals surface area contributed by atoms with Crippen LogP contribution in [0.2, 0.25) is 0 Å². The van der Waals surface area contributed by atoms with Gasteiger partial charge in [0.05, 0.1) is 0 Å². The summed E-state index contributed by atoms with van der Waals surface area (Å²) in [4.78, 5) is 2.26. The molecule has 0 fully saturated rings. The molecule has 2 heteroatoms. The fraction of sp³-hybridized carbons (Fsp3) is 1.00. The Labute approximate surface area is 83.7 Å². The first-order valence-corrected chi connectivity index (χ1v) is 5.62. The average Bonchev–Trinajstić information content (AvgIpc) is 2.09. The van der Waals surface area contributed by atoms with E-state index in [-0.39, 0.29) is 0 Å². The van der Waals surface area contributed by atoms with Crippen LogP contribution in [0.4, 0.5) is 0 Å². The zero-order valence-electron chi connectivity index (χ0n) is 9.60. The van der Waals surface area contributed by atoms with E-state index in [2.05, 4.69) is 31.2 Å². The molecule has 0 aromatic heterocycles. The normalized spacial score (nSPS) is 11.1. The molecule has 0 aromatic rings. The van der Waals surface area contributed by atoms with Gasteiger partial charge < -0.3 is 10.2 Å². The topological polar surface area (TPSA) is 15.3 Å². The summed E-state index contributed by atoms with van der Waals surface area (Å²) in [7, 11) is 4.29. The summed E-state index contributed by atoms with van der Waals surface area (Å²) in [6.45, 7) is 5.72. The number of rotatable bonds is 9. The van der Waals surface area contributed by atoms with Gasteiger partial charge in [0.2, 0.25) is 0 Å². The van der Waals surface area contributed by atoms with E-state index in [9.17, 15) is 0 Å². The van der Waals surface area contributed by atoms with Crippen molar-refractivity contribution in [3.05, 3.63) is 0 Å². The summed E-state index contributed by atoms with van der Waals surface area (Å²) >= 11 is 0. The molecule has 0 rings (SSSR count). The molecule has 80 valence electrons. The van der Waals surface area contributed by atoms with E-state index < -0.39 is 0 Å².